The summed E-state index contributed by atoms with van der Waals surface area (Å²) in [5, 5.41) is 15.8. The van der Waals surface area contributed by atoms with Gasteiger partial charge in [0.05, 0.1) is 12.6 Å². The average molecular weight is 392 g/mol. The van der Waals surface area contributed by atoms with Gasteiger partial charge in [-0.05, 0) is 12.1 Å². The van der Waals surface area contributed by atoms with E-state index < -0.39 is 0 Å². The van der Waals surface area contributed by atoms with Crippen molar-refractivity contribution in [2.75, 3.05) is 57.3 Å². The van der Waals surface area contributed by atoms with Gasteiger partial charge in [-0.3, -0.25) is 9.69 Å². The van der Waals surface area contributed by atoms with Crippen LogP contribution in [0.25, 0.3) is 0 Å². The van der Waals surface area contributed by atoms with Crippen LogP contribution in [0.1, 0.15) is 0 Å². The lowest BCUT2D eigenvalue weighted by Crippen LogP contribution is -2.50. The van der Waals surface area contributed by atoms with Crippen molar-refractivity contribution in [3.05, 3.63) is 24.4 Å². The molecule has 25 heavy (non-hydrogen) atoms. The summed E-state index contributed by atoms with van der Waals surface area (Å²) in [6.45, 7) is 5.84. The molecule has 3 rings (SSSR count). The minimum absolute atomic E-state index is 0. The van der Waals surface area contributed by atoms with Crippen LogP contribution >= 0.6 is 24.8 Å². The maximum absolute atomic E-state index is 12.0. The molecule has 3 N–H and O–H groups in total. The Morgan fingerprint density at radius 2 is 2.00 bits per heavy atom. The van der Waals surface area contributed by atoms with Gasteiger partial charge < -0.3 is 20.6 Å². The normalized spacial score (nSPS) is 23.5. The van der Waals surface area contributed by atoms with Gasteiger partial charge in [0.2, 0.25) is 5.91 Å². The van der Waals surface area contributed by atoms with Crippen molar-refractivity contribution in [1.82, 2.24) is 20.5 Å². The van der Waals surface area contributed by atoms with E-state index in [9.17, 15) is 9.90 Å². The Labute approximate surface area is 161 Å². The SMILES string of the molecule is Cl.Cl.O=C(CN1CCN(c2ccccn2)CC1)NCC1CNCC1O. The number of pyridine rings is 1. The smallest absolute Gasteiger partial charge is 0.234 e. The number of carbonyl (C=O) groups is 1. The molecule has 3 heterocycles. The number of aliphatic hydroxyl groups excluding tert-OH is 1. The molecule has 2 aliphatic rings. The summed E-state index contributed by atoms with van der Waals surface area (Å²) in [6, 6.07) is 5.93. The van der Waals surface area contributed by atoms with E-state index in [-0.39, 0.29) is 42.7 Å². The van der Waals surface area contributed by atoms with E-state index in [1.807, 2.05) is 18.2 Å². The quantitative estimate of drug-likeness (QED) is 0.641. The molecule has 2 aliphatic heterocycles. The second kappa shape index (κ2) is 10.8. The minimum atomic E-state index is -0.350. The molecular formula is C16H27Cl2N5O2. The zero-order valence-corrected chi connectivity index (χ0v) is 15.8. The fourth-order valence-electron chi connectivity index (χ4n) is 3.11. The topological polar surface area (TPSA) is 80.7 Å². The Morgan fingerprint density at radius 3 is 2.60 bits per heavy atom. The second-order valence-electron chi connectivity index (χ2n) is 6.24. The third-order valence-electron chi connectivity index (χ3n) is 4.58. The fraction of sp³-hybridized carbons (Fsp3) is 0.625. The molecule has 1 amide bonds. The zero-order valence-electron chi connectivity index (χ0n) is 14.1. The molecule has 0 aromatic carbocycles. The number of halogens is 2. The highest BCUT2D eigenvalue weighted by Crippen LogP contribution is 2.12. The van der Waals surface area contributed by atoms with Crippen LogP contribution in [0.4, 0.5) is 5.82 Å². The maximum atomic E-state index is 12.0. The number of β-amino-alcohol motifs (C(OH)–C–C–N with tert-alkyl or cyclic N) is 1. The lowest BCUT2D eigenvalue weighted by molar-refractivity contribution is -0.122. The van der Waals surface area contributed by atoms with Crippen molar-refractivity contribution in [2.24, 2.45) is 5.92 Å². The molecule has 2 atom stereocenters. The lowest BCUT2D eigenvalue weighted by atomic mass is 10.1. The largest absolute Gasteiger partial charge is 0.391 e. The lowest BCUT2D eigenvalue weighted by Gasteiger charge is -2.35. The summed E-state index contributed by atoms with van der Waals surface area (Å²) in [5.74, 6) is 1.16. The monoisotopic (exact) mass is 391 g/mol. The van der Waals surface area contributed by atoms with E-state index in [1.54, 1.807) is 6.20 Å². The number of amides is 1. The maximum Gasteiger partial charge on any atom is 0.234 e. The summed E-state index contributed by atoms with van der Waals surface area (Å²) in [6.07, 6.45) is 1.46. The summed E-state index contributed by atoms with van der Waals surface area (Å²) in [5.41, 5.74) is 0. The number of carbonyl (C=O) groups excluding carboxylic acids is 1. The molecule has 7 nitrogen and oxygen atoms in total. The second-order valence-corrected chi connectivity index (χ2v) is 6.24. The van der Waals surface area contributed by atoms with Gasteiger partial charge in [-0.2, -0.15) is 0 Å². The molecule has 142 valence electrons. The van der Waals surface area contributed by atoms with Crippen LogP contribution in [0.2, 0.25) is 0 Å². The van der Waals surface area contributed by atoms with Crippen molar-refractivity contribution in [2.45, 2.75) is 6.10 Å². The fourth-order valence-corrected chi connectivity index (χ4v) is 3.11. The van der Waals surface area contributed by atoms with Gasteiger partial charge in [0.15, 0.2) is 0 Å². The zero-order chi connectivity index (χ0) is 16.1. The summed E-state index contributed by atoms with van der Waals surface area (Å²) < 4.78 is 0. The van der Waals surface area contributed by atoms with Gasteiger partial charge in [0, 0.05) is 57.9 Å². The first-order valence-corrected chi connectivity index (χ1v) is 8.26. The van der Waals surface area contributed by atoms with E-state index >= 15 is 0 Å². The average Bonchev–Trinajstić information content (AvgIpc) is 3.00. The number of rotatable bonds is 5. The van der Waals surface area contributed by atoms with Crippen molar-refractivity contribution in [1.29, 1.82) is 0 Å². The van der Waals surface area contributed by atoms with Crippen molar-refractivity contribution >= 4 is 36.5 Å². The van der Waals surface area contributed by atoms with E-state index in [0.717, 1.165) is 38.5 Å². The minimum Gasteiger partial charge on any atom is -0.391 e. The van der Waals surface area contributed by atoms with Crippen molar-refractivity contribution < 1.29 is 9.90 Å². The van der Waals surface area contributed by atoms with E-state index in [0.29, 0.717) is 19.6 Å². The molecule has 1 aromatic heterocycles. The number of nitrogens with zero attached hydrogens (tertiary/aromatic N) is 3. The van der Waals surface area contributed by atoms with Crippen LogP contribution in [0.3, 0.4) is 0 Å². The first-order valence-electron chi connectivity index (χ1n) is 8.26. The van der Waals surface area contributed by atoms with Gasteiger partial charge in [0.1, 0.15) is 5.82 Å². The first-order chi connectivity index (χ1) is 11.2. The van der Waals surface area contributed by atoms with Gasteiger partial charge in [-0.15, -0.1) is 24.8 Å². The van der Waals surface area contributed by atoms with Crippen LogP contribution in [0.5, 0.6) is 0 Å². The van der Waals surface area contributed by atoms with Crippen molar-refractivity contribution in [3.8, 4) is 0 Å². The van der Waals surface area contributed by atoms with Crippen LogP contribution in [0.15, 0.2) is 24.4 Å². The molecule has 2 unspecified atom stereocenters. The third-order valence-corrected chi connectivity index (χ3v) is 4.58. The van der Waals surface area contributed by atoms with Gasteiger partial charge in [-0.1, -0.05) is 6.07 Å². The first kappa shape index (κ1) is 21.9. The number of nitrogens with one attached hydrogen (secondary N) is 2. The van der Waals surface area contributed by atoms with E-state index in [4.69, 9.17) is 0 Å². The highest BCUT2D eigenvalue weighted by Gasteiger charge is 2.25. The van der Waals surface area contributed by atoms with Crippen LogP contribution in [-0.2, 0) is 4.79 Å². The molecule has 9 heteroatoms. The summed E-state index contributed by atoms with van der Waals surface area (Å²) in [7, 11) is 0. The number of aliphatic hydroxyl groups is 1. The van der Waals surface area contributed by atoms with E-state index in [2.05, 4.69) is 25.4 Å². The van der Waals surface area contributed by atoms with E-state index in [1.165, 1.54) is 0 Å². The number of aromatic nitrogens is 1. The van der Waals surface area contributed by atoms with Crippen molar-refractivity contribution in [3.63, 3.8) is 0 Å². The molecule has 0 saturated carbocycles. The third kappa shape index (κ3) is 6.27. The molecule has 1 aromatic rings. The number of anilines is 1. The standard InChI is InChI=1S/C16H25N5O2.2ClH/c22-14-11-17-9-13(14)10-19-16(23)12-20-5-7-21(8-6-20)15-3-1-2-4-18-15;;/h1-4,13-14,17,22H,5-12H2,(H,19,23);2*1H. The number of hydrogen-bond acceptors (Lipinski definition) is 6. The molecule has 0 aliphatic carbocycles. The Morgan fingerprint density at radius 1 is 1.24 bits per heavy atom. The molecule has 2 saturated heterocycles. The number of hydrogen-bond donors (Lipinski definition) is 3. The highest BCUT2D eigenvalue weighted by molar-refractivity contribution is 5.85. The van der Waals surface area contributed by atoms with Gasteiger partial charge in [-0.25, -0.2) is 4.98 Å². The molecule has 0 spiro atoms. The van der Waals surface area contributed by atoms with Gasteiger partial charge >= 0.3 is 0 Å². The Bertz CT molecular complexity index is 515. The summed E-state index contributed by atoms with van der Waals surface area (Å²) >= 11 is 0. The summed E-state index contributed by atoms with van der Waals surface area (Å²) in [4.78, 5) is 20.8. The molecule has 0 bridgehead atoms. The molecule has 2 fully saturated rings. The van der Waals surface area contributed by atoms with Crippen LogP contribution < -0.4 is 15.5 Å². The Hall–Kier alpha value is -1.12. The van der Waals surface area contributed by atoms with Crippen LogP contribution in [-0.4, -0.2) is 79.4 Å². The van der Waals surface area contributed by atoms with Crippen LogP contribution in [0, 0.1) is 5.92 Å². The molecular weight excluding hydrogens is 365 g/mol. The highest BCUT2D eigenvalue weighted by atomic mass is 35.5. The predicted octanol–water partition coefficient (Wildman–Crippen LogP) is -0.256. The molecule has 0 radical (unpaired) electrons. The Kier molecular flexibility index (Phi) is 9.45. The predicted molar refractivity (Wildman–Crippen MR) is 103 cm³/mol. The Balaban J connectivity index is 0.00000156. The number of piperazine rings is 1. The van der Waals surface area contributed by atoms with Gasteiger partial charge in [0.25, 0.3) is 0 Å².